The zero-order valence-corrected chi connectivity index (χ0v) is 10.5. The number of likely N-dealkylation sites (tertiary alicyclic amines) is 1. The molecular formula is C13H20N2O2. The predicted molar refractivity (Wildman–Crippen MR) is 66.0 cm³/mol. The van der Waals surface area contributed by atoms with Crippen molar-refractivity contribution in [1.82, 2.24) is 9.88 Å². The number of hydrogen-bond acceptors (Lipinski definition) is 4. The normalized spacial score (nSPS) is 20.2. The molecule has 0 spiro atoms. The van der Waals surface area contributed by atoms with E-state index in [1.165, 1.54) is 0 Å². The van der Waals surface area contributed by atoms with Gasteiger partial charge in [0.05, 0.1) is 7.11 Å². The van der Waals surface area contributed by atoms with Crippen molar-refractivity contribution in [2.45, 2.75) is 25.4 Å². The number of ether oxygens (including phenoxy) is 1. The van der Waals surface area contributed by atoms with E-state index in [1.807, 2.05) is 12.1 Å². The second-order valence-corrected chi connectivity index (χ2v) is 4.52. The van der Waals surface area contributed by atoms with E-state index in [2.05, 4.69) is 16.8 Å². The first-order chi connectivity index (χ1) is 8.19. The quantitative estimate of drug-likeness (QED) is 0.861. The van der Waals surface area contributed by atoms with Crippen molar-refractivity contribution >= 4 is 0 Å². The molecule has 0 saturated carbocycles. The summed E-state index contributed by atoms with van der Waals surface area (Å²) >= 11 is 0. The Bertz CT molecular complexity index is 373. The van der Waals surface area contributed by atoms with Crippen molar-refractivity contribution < 1.29 is 9.84 Å². The number of rotatable bonds is 3. The average Bonchev–Trinajstić information content (AvgIpc) is 2.39. The van der Waals surface area contributed by atoms with Gasteiger partial charge in [-0.25, -0.2) is 0 Å². The molecule has 0 unspecified atom stereocenters. The lowest BCUT2D eigenvalue weighted by Crippen LogP contribution is -2.43. The van der Waals surface area contributed by atoms with Crippen LogP contribution in [0, 0.1) is 0 Å². The van der Waals surface area contributed by atoms with Crippen LogP contribution in [0.5, 0.6) is 5.75 Å². The van der Waals surface area contributed by atoms with Crippen LogP contribution in [0.1, 0.15) is 25.5 Å². The maximum absolute atomic E-state index is 10.7. The Morgan fingerprint density at radius 2 is 2.18 bits per heavy atom. The van der Waals surface area contributed by atoms with E-state index in [-0.39, 0.29) is 0 Å². The highest BCUT2D eigenvalue weighted by molar-refractivity contribution is 5.32. The summed E-state index contributed by atoms with van der Waals surface area (Å²) in [7, 11) is 1.62. The number of pyridine rings is 1. The molecule has 1 aliphatic rings. The Labute approximate surface area is 102 Å². The van der Waals surface area contributed by atoms with E-state index in [0.29, 0.717) is 24.3 Å². The molecule has 0 aromatic carbocycles. The minimum Gasteiger partial charge on any atom is -0.495 e. The van der Waals surface area contributed by atoms with Gasteiger partial charge >= 0.3 is 0 Å². The van der Waals surface area contributed by atoms with Crippen LogP contribution in [0.2, 0.25) is 0 Å². The van der Waals surface area contributed by atoms with Crippen molar-refractivity contribution in [2.75, 3.05) is 26.7 Å². The SMILES string of the molecule is CCN1CCC(O)(c2ncccc2OC)CC1. The minimum atomic E-state index is -0.835. The Morgan fingerprint density at radius 1 is 1.47 bits per heavy atom. The Morgan fingerprint density at radius 3 is 2.76 bits per heavy atom. The van der Waals surface area contributed by atoms with E-state index in [4.69, 9.17) is 4.74 Å². The lowest BCUT2D eigenvalue weighted by Gasteiger charge is -2.37. The molecule has 0 amide bonds. The molecule has 4 heteroatoms. The molecule has 1 fully saturated rings. The third kappa shape index (κ3) is 2.42. The highest BCUT2D eigenvalue weighted by atomic mass is 16.5. The largest absolute Gasteiger partial charge is 0.495 e. The first kappa shape index (κ1) is 12.3. The monoisotopic (exact) mass is 236 g/mol. The zero-order valence-electron chi connectivity index (χ0n) is 10.5. The summed E-state index contributed by atoms with van der Waals surface area (Å²) in [5.74, 6) is 0.681. The molecule has 1 aromatic rings. The van der Waals surface area contributed by atoms with E-state index in [1.54, 1.807) is 13.3 Å². The first-order valence-corrected chi connectivity index (χ1v) is 6.14. The topological polar surface area (TPSA) is 45.6 Å². The molecule has 0 atom stereocenters. The van der Waals surface area contributed by atoms with Crippen LogP contribution in [0.15, 0.2) is 18.3 Å². The maximum Gasteiger partial charge on any atom is 0.143 e. The Hall–Kier alpha value is -1.13. The molecule has 4 nitrogen and oxygen atoms in total. The van der Waals surface area contributed by atoms with Crippen LogP contribution in [-0.4, -0.2) is 41.7 Å². The molecule has 1 aliphatic heterocycles. The molecule has 2 heterocycles. The van der Waals surface area contributed by atoms with Gasteiger partial charge in [0.2, 0.25) is 0 Å². The molecule has 17 heavy (non-hydrogen) atoms. The zero-order chi connectivity index (χ0) is 12.3. The highest BCUT2D eigenvalue weighted by Crippen LogP contribution is 2.36. The lowest BCUT2D eigenvalue weighted by molar-refractivity contribution is -0.0298. The summed E-state index contributed by atoms with van der Waals surface area (Å²) in [5.41, 5.74) is -0.156. The van der Waals surface area contributed by atoms with E-state index >= 15 is 0 Å². The van der Waals surface area contributed by atoms with E-state index < -0.39 is 5.60 Å². The smallest absolute Gasteiger partial charge is 0.143 e. The summed E-state index contributed by atoms with van der Waals surface area (Å²) in [6.07, 6.45) is 3.14. The number of aromatic nitrogens is 1. The van der Waals surface area contributed by atoms with Gasteiger partial charge < -0.3 is 14.7 Å². The molecule has 0 radical (unpaired) electrons. The van der Waals surface area contributed by atoms with Crippen LogP contribution in [0.3, 0.4) is 0 Å². The van der Waals surface area contributed by atoms with Crippen molar-refractivity contribution in [3.8, 4) is 5.75 Å². The highest BCUT2D eigenvalue weighted by Gasteiger charge is 2.37. The third-order valence-electron chi connectivity index (χ3n) is 3.56. The van der Waals surface area contributed by atoms with Crippen LogP contribution >= 0.6 is 0 Å². The fourth-order valence-electron chi connectivity index (χ4n) is 2.38. The number of hydrogen-bond donors (Lipinski definition) is 1. The molecule has 94 valence electrons. The van der Waals surface area contributed by atoms with Gasteiger partial charge in [0.25, 0.3) is 0 Å². The average molecular weight is 236 g/mol. The summed E-state index contributed by atoms with van der Waals surface area (Å²) < 4.78 is 5.28. The van der Waals surface area contributed by atoms with Gasteiger partial charge in [-0.15, -0.1) is 0 Å². The molecule has 1 saturated heterocycles. The number of methoxy groups -OCH3 is 1. The van der Waals surface area contributed by atoms with Crippen LogP contribution in [0.4, 0.5) is 0 Å². The van der Waals surface area contributed by atoms with E-state index in [9.17, 15) is 5.11 Å². The van der Waals surface area contributed by atoms with Crippen LogP contribution in [-0.2, 0) is 5.60 Å². The second kappa shape index (κ2) is 5.02. The molecule has 1 N–H and O–H groups in total. The van der Waals surface area contributed by atoms with Gasteiger partial charge in [-0.1, -0.05) is 6.92 Å². The minimum absolute atomic E-state index is 0.679. The molecule has 1 aromatic heterocycles. The molecule has 0 aliphatic carbocycles. The standard InChI is InChI=1S/C13H20N2O2/c1-3-15-9-6-13(16,7-10-15)12-11(17-2)5-4-8-14-12/h4-5,8,16H,3,6-7,9-10H2,1-2H3. The third-order valence-corrected chi connectivity index (χ3v) is 3.56. The van der Waals surface area contributed by atoms with Gasteiger partial charge in [-0.2, -0.15) is 0 Å². The second-order valence-electron chi connectivity index (χ2n) is 4.52. The maximum atomic E-state index is 10.7. The number of nitrogens with zero attached hydrogens (tertiary/aromatic N) is 2. The van der Waals surface area contributed by atoms with Crippen LogP contribution in [0.25, 0.3) is 0 Å². The molecule has 0 bridgehead atoms. The fraction of sp³-hybridized carbons (Fsp3) is 0.615. The van der Waals surface area contributed by atoms with Crippen molar-refractivity contribution in [3.63, 3.8) is 0 Å². The van der Waals surface area contributed by atoms with Crippen LogP contribution < -0.4 is 4.74 Å². The summed E-state index contributed by atoms with van der Waals surface area (Å²) in [5, 5.41) is 10.7. The number of piperidine rings is 1. The van der Waals surface area contributed by atoms with Crippen molar-refractivity contribution in [2.24, 2.45) is 0 Å². The summed E-state index contributed by atoms with van der Waals surface area (Å²) in [4.78, 5) is 6.64. The lowest BCUT2D eigenvalue weighted by atomic mass is 9.87. The van der Waals surface area contributed by atoms with Gasteiger partial charge in [-0.3, -0.25) is 4.98 Å². The number of aliphatic hydroxyl groups is 1. The Balaban J connectivity index is 2.21. The summed E-state index contributed by atoms with van der Waals surface area (Å²) in [6, 6.07) is 3.68. The predicted octanol–water partition coefficient (Wildman–Crippen LogP) is 1.39. The van der Waals surface area contributed by atoms with Gasteiger partial charge in [-0.05, 0) is 31.5 Å². The fourth-order valence-corrected chi connectivity index (χ4v) is 2.38. The first-order valence-electron chi connectivity index (χ1n) is 6.14. The van der Waals surface area contributed by atoms with Gasteiger partial charge in [0, 0.05) is 19.3 Å². The van der Waals surface area contributed by atoms with Gasteiger partial charge in [0.1, 0.15) is 17.0 Å². The van der Waals surface area contributed by atoms with E-state index in [0.717, 1.165) is 19.6 Å². The Kier molecular flexibility index (Phi) is 3.64. The molecule has 2 rings (SSSR count). The molecular weight excluding hydrogens is 216 g/mol. The van der Waals surface area contributed by atoms with Crippen molar-refractivity contribution in [1.29, 1.82) is 0 Å². The summed E-state index contributed by atoms with van der Waals surface area (Å²) in [6.45, 7) is 5.00. The van der Waals surface area contributed by atoms with Gasteiger partial charge in [0.15, 0.2) is 0 Å². The van der Waals surface area contributed by atoms with Crippen molar-refractivity contribution in [3.05, 3.63) is 24.0 Å².